The van der Waals surface area contributed by atoms with Crippen LogP contribution in [0.25, 0.3) is 0 Å². The van der Waals surface area contributed by atoms with E-state index in [4.69, 9.17) is 9.47 Å². The van der Waals surface area contributed by atoms with Crippen molar-refractivity contribution in [3.05, 3.63) is 0 Å². The normalized spacial score (nSPS) is 32.1. The monoisotopic (exact) mass is 395 g/mol. The molecule has 0 radical (unpaired) electrons. The minimum absolute atomic E-state index is 0.114. The van der Waals surface area contributed by atoms with E-state index in [1.165, 1.54) is 0 Å². The van der Waals surface area contributed by atoms with E-state index < -0.39 is 55.6 Å². The third-order valence-corrected chi connectivity index (χ3v) is 4.48. The average molecular weight is 395 g/mol. The first-order chi connectivity index (χ1) is 12.6. The molecule has 0 aromatic rings. The molecule has 6 unspecified atom stereocenters. The van der Waals surface area contributed by atoms with Gasteiger partial charge in [-0.05, 0) is 12.3 Å². The molecule has 0 spiro atoms. The maximum absolute atomic E-state index is 11.7. The molecule has 0 aromatic carbocycles. The summed E-state index contributed by atoms with van der Waals surface area (Å²) in [6.07, 6.45) is -9.20. The Morgan fingerprint density at radius 2 is 1.78 bits per heavy atom. The van der Waals surface area contributed by atoms with Crippen LogP contribution < -0.4 is 5.32 Å². The van der Waals surface area contributed by atoms with Gasteiger partial charge < -0.3 is 45.4 Å². The fraction of sp³-hybridized carbons (Fsp3) is 0.941. The van der Waals surface area contributed by atoms with Crippen LogP contribution in [0.5, 0.6) is 0 Å². The Balaban J connectivity index is 2.78. The predicted octanol–water partition coefficient (Wildman–Crippen LogP) is -2.53. The van der Waals surface area contributed by atoms with Crippen molar-refractivity contribution in [3.8, 4) is 0 Å². The lowest BCUT2D eigenvalue weighted by atomic mass is 9.97. The van der Waals surface area contributed by atoms with E-state index in [2.05, 4.69) is 5.32 Å². The first kappa shape index (κ1) is 24.2. The summed E-state index contributed by atoms with van der Waals surface area (Å²) in [5.74, 6) is -0.253. The van der Waals surface area contributed by atoms with E-state index in [0.29, 0.717) is 6.42 Å². The predicted molar refractivity (Wildman–Crippen MR) is 93.4 cm³/mol. The molecule has 0 aliphatic carbocycles. The molecule has 160 valence electrons. The highest BCUT2D eigenvalue weighted by molar-refractivity contribution is 5.75. The number of aliphatic hydroxyl groups is 6. The summed E-state index contributed by atoms with van der Waals surface area (Å²) < 4.78 is 10.6. The van der Waals surface area contributed by atoms with Crippen molar-refractivity contribution in [3.63, 3.8) is 0 Å². The number of hydrogen-bond donors (Lipinski definition) is 7. The van der Waals surface area contributed by atoms with E-state index in [1.54, 1.807) is 6.92 Å². The van der Waals surface area contributed by atoms with Crippen molar-refractivity contribution in [1.82, 2.24) is 5.32 Å². The summed E-state index contributed by atoms with van der Waals surface area (Å²) >= 11 is 0. The molecule has 1 amide bonds. The van der Waals surface area contributed by atoms with Gasteiger partial charge >= 0.3 is 0 Å². The zero-order valence-electron chi connectivity index (χ0n) is 15.9. The minimum Gasteiger partial charge on any atom is -0.394 e. The molecule has 0 saturated carbocycles. The summed E-state index contributed by atoms with van der Waals surface area (Å²) in [4.78, 5) is 11.7. The van der Waals surface area contributed by atoms with Crippen LogP contribution in [-0.4, -0.2) is 98.7 Å². The quantitative estimate of drug-likeness (QED) is 0.211. The minimum atomic E-state index is -1.60. The van der Waals surface area contributed by atoms with Crippen LogP contribution in [0.4, 0.5) is 0 Å². The molecule has 1 aliphatic heterocycles. The lowest BCUT2D eigenvalue weighted by Crippen LogP contribution is -2.60. The van der Waals surface area contributed by atoms with E-state index in [-0.39, 0.29) is 24.9 Å². The zero-order valence-corrected chi connectivity index (χ0v) is 15.9. The van der Waals surface area contributed by atoms with Crippen LogP contribution in [0.1, 0.15) is 33.6 Å². The molecular weight excluding hydrogens is 362 g/mol. The largest absolute Gasteiger partial charge is 0.394 e. The fourth-order valence-corrected chi connectivity index (χ4v) is 2.83. The van der Waals surface area contributed by atoms with Gasteiger partial charge in [0.15, 0.2) is 6.29 Å². The van der Waals surface area contributed by atoms with Gasteiger partial charge in [-0.15, -0.1) is 0 Å². The summed E-state index contributed by atoms with van der Waals surface area (Å²) in [6, 6.07) is -0.987. The maximum atomic E-state index is 11.7. The van der Waals surface area contributed by atoms with Gasteiger partial charge in [0.1, 0.15) is 30.5 Å². The number of aliphatic hydroxyl groups excluding tert-OH is 6. The van der Waals surface area contributed by atoms with Crippen molar-refractivity contribution in [1.29, 1.82) is 0 Å². The molecule has 1 saturated heterocycles. The number of carbonyl (C=O) groups is 1. The van der Waals surface area contributed by atoms with Gasteiger partial charge in [-0.3, -0.25) is 4.79 Å². The maximum Gasteiger partial charge on any atom is 0.220 e. The standard InChI is InChI=1S/C17H33NO9/c1-4-12(21)18-9(13(22)10(20)5-8(2)3)7-26-17-16(25)15(24)14(23)11(6-19)27-17/h8-11,13-17,19-20,22-25H,4-7H2,1-3H3,(H,18,21)/t9?,10?,11?,13?,14-,15?,16?,17-/m0/s1. The van der Waals surface area contributed by atoms with Crippen LogP contribution in [0, 0.1) is 5.92 Å². The smallest absolute Gasteiger partial charge is 0.220 e. The Hall–Kier alpha value is -0.850. The summed E-state index contributed by atoms with van der Waals surface area (Å²) in [7, 11) is 0. The molecule has 1 heterocycles. The van der Waals surface area contributed by atoms with Crippen molar-refractivity contribution < 1.29 is 44.9 Å². The van der Waals surface area contributed by atoms with Gasteiger partial charge in [-0.1, -0.05) is 20.8 Å². The van der Waals surface area contributed by atoms with Gasteiger partial charge in [0.25, 0.3) is 0 Å². The number of rotatable bonds is 10. The van der Waals surface area contributed by atoms with Crippen LogP contribution in [0.15, 0.2) is 0 Å². The Labute approximate surface area is 158 Å². The Bertz CT molecular complexity index is 448. The summed E-state index contributed by atoms with van der Waals surface area (Å²) in [5.41, 5.74) is 0. The van der Waals surface area contributed by atoms with E-state index in [9.17, 15) is 35.4 Å². The van der Waals surface area contributed by atoms with Gasteiger partial charge in [-0.2, -0.15) is 0 Å². The first-order valence-electron chi connectivity index (χ1n) is 9.19. The highest BCUT2D eigenvalue weighted by Crippen LogP contribution is 2.22. The number of carbonyl (C=O) groups excluding carboxylic acids is 1. The summed E-state index contributed by atoms with van der Waals surface area (Å²) in [5, 5.41) is 61.8. The molecule has 10 heteroatoms. The average Bonchev–Trinajstić information content (AvgIpc) is 2.63. The van der Waals surface area contributed by atoms with E-state index >= 15 is 0 Å². The van der Waals surface area contributed by atoms with Crippen LogP contribution in [-0.2, 0) is 14.3 Å². The Morgan fingerprint density at radius 3 is 2.30 bits per heavy atom. The van der Waals surface area contributed by atoms with E-state index in [0.717, 1.165) is 0 Å². The topological polar surface area (TPSA) is 169 Å². The summed E-state index contributed by atoms with van der Waals surface area (Å²) in [6.45, 7) is 4.45. The number of hydrogen-bond acceptors (Lipinski definition) is 9. The molecule has 1 rings (SSSR count). The molecular formula is C17H33NO9. The van der Waals surface area contributed by atoms with Crippen LogP contribution in [0.3, 0.4) is 0 Å². The second-order valence-electron chi connectivity index (χ2n) is 7.25. The first-order valence-corrected chi connectivity index (χ1v) is 9.19. The lowest BCUT2D eigenvalue weighted by molar-refractivity contribution is -0.303. The Morgan fingerprint density at radius 1 is 1.15 bits per heavy atom. The van der Waals surface area contributed by atoms with Crippen molar-refractivity contribution in [2.45, 2.75) is 82.6 Å². The SMILES string of the molecule is CCC(=O)NC(CO[C@H]1OC(CO)[C@H](O)C(O)C1O)C(O)C(O)CC(C)C. The highest BCUT2D eigenvalue weighted by atomic mass is 16.7. The molecule has 27 heavy (non-hydrogen) atoms. The van der Waals surface area contributed by atoms with E-state index in [1.807, 2.05) is 13.8 Å². The number of ether oxygens (including phenoxy) is 2. The Kier molecular flexibility index (Phi) is 10.1. The third-order valence-electron chi connectivity index (χ3n) is 4.48. The second kappa shape index (κ2) is 11.2. The van der Waals surface area contributed by atoms with Gasteiger partial charge in [0, 0.05) is 6.42 Å². The van der Waals surface area contributed by atoms with Crippen LogP contribution in [0.2, 0.25) is 0 Å². The van der Waals surface area contributed by atoms with Crippen molar-refractivity contribution in [2.24, 2.45) is 5.92 Å². The van der Waals surface area contributed by atoms with Crippen LogP contribution >= 0.6 is 0 Å². The van der Waals surface area contributed by atoms with Crippen molar-refractivity contribution >= 4 is 5.91 Å². The molecule has 0 bridgehead atoms. The molecule has 7 N–H and O–H groups in total. The zero-order chi connectivity index (χ0) is 20.7. The van der Waals surface area contributed by atoms with Gasteiger partial charge in [-0.25, -0.2) is 0 Å². The van der Waals surface area contributed by atoms with Gasteiger partial charge in [0.05, 0.1) is 25.4 Å². The molecule has 8 atom stereocenters. The number of nitrogens with one attached hydrogen (secondary N) is 1. The second-order valence-corrected chi connectivity index (χ2v) is 7.25. The molecule has 1 fully saturated rings. The van der Waals surface area contributed by atoms with Gasteiger partial charge in [0.2, 0.25) is 5.91 Å². The lowest BCUT2D eigenvalue weighted by Gasteiger charge is -2.40. The molecule has 10 nitrogen and oxygen atoms in total. The third kappa shape index (κ3) is 6.91. The fourth-order valence-electron chi connectivity index (χ4n) is 2.83. The van der Waals surface area contributed by atoms with Crippen molar-refractivity contribution in [2.75, 3.05) is 13.2 Å². The molecule has 0 aromatic heterocycles. The highest BCUT2D eigenvalue weighted by Gasteiger charge is 2.44. The molecule has 1 aliphatic rings. The number of amides is 1.